The first-order valence-corrected chi connectivity index (χ1v) is 8.49. The van der Waals surface area contributed by atoms with Crippen LogP contribution < -0.4 is 10.6 Å². The number of nitrogens with zero attached hydrogens (tertiary/aromatic N) is 2. The second kappa shape index (κ2) is 9.66. The van der Waals surface area contributed by atoms with Crippen molar-refractivity contribution in [1.82, 2.24) is 20.6 Å². The van der Waals surface area contributed by atoms with Gasteiger partial charge in [0.2, 0.25) is 0 Å². The second-order valence-corrected chi connectivity index (χ2v) is 5.93. The molecule has 0 atom stereocenters. The number of nitrogens with one attached hydrogen (secondary N) is 3. The first-order chi connectivity index (χ1) is 11.3. The molecule has 0 amide bonds. The smallest absolute Gasteiger partial charge is 0.191 e. The minimum absolute atomic E-state index is 0. The fourth-order valence-corrected chi connectivity index (χ4v) is 2.94. The second-order valence-electron chi connectivity index (χ2n) is 5.93. The molecule has 1 heterocycles. The predicted octanol–water partition coefficient (Wildman–Crippen LogP) is 3.69. The van der Waals surface area contributed by atoms with Crippen LogP contribution in [0.5, 0.6) is 0 Å². The summed E-state index contributed by atoms with van der Waals surface area (Å²) in [5, 5.41) is 6.84. The molecule has 1 aromatic heterocycles. The monoisotopic (exact) mass is 439 g/mol. The van der Waals surface area contributed by atoms with Crippen LogP contribution in [-0.4, -0.2) is 28.5 Å². The summed E-state index contributed by atoms with van der Waals surface area (Å²) in [5.74, 6) is 1.77. The van der Waals surface area contributed by atoms with Crippen LogP contribution in [0.3, 0.4) is 0 Å². The zero-order valence-electron chi connectivity index (χ0n) is 14.1. The Morgan fingerprint density at radius 1 is 1.25 bits per heavy atom. The number of hydrogen-bond acceptors (Lipinski definition) is 2. The van der Waals surface area contributed by atoms with Gasteiger partial charge in [-0.15, -0.1) is 24.0 Å². The summed E-state index contributed by atoms with van der Waals surface area (Å²) in [5.41, 5.74) is 2.18. The highest BCUT2D eigenvalue weighted by Gasteiger charge is 2.15. The number of aromatic amines is 1. The van der Waals surface area contributed by atoms with Crippen molar-refractivity contribution in [1.29, 1.82) is 0 Å². The number of guanidine groups is 1. The Kier molecular flexibility index (Phi) is 7.55. The third kappa shape index (κ3) is 5.22. The average Bonchev–Trinajstić information content (AvgIpc) is 3.25. The first-order valence-electron chi connectivity index (χ1n) is 8.49. The van der Waals surface area contributed by atoms with Crippen molar-refractivity contribution in [2.45, 2.75) is 45.2 Å². The van der Waals surface area contributed by atoms with Gasteiger partial charge in [-0.05, 0) is 25.3 Å². The van der Waals surface area contributed by atoms with Crippen molar-refractivity contribution in [3.8, 4) is 11.3 Å². The average molecular weight is 439 g/mol. The molecular formula is C18H26IN5. The highest BCUT2D eigenvalue weighted by molar-refractivity contribution is 14.0. The highest BCUT2D eigenvalue weighted by atomic mass is 127. The quantitative estimate of drug-likeness (QED) is 0.378. The Morgan fingerprint density at radius 3 is 2.71 bits per heavy atom. The van der Waals surface area contributed by atoms with E-state index >= 15 is 0 Å². The molecule has 0 spiro atoms. The van der Waals surface area contributed by atoms with Gasteiger partial charge in [-0.3, -0.25) is 0 Å². The molecule has 0 bridgehead atoms. The van der Waals surface area contributed by atoms with E-state index in [0.29, 0.717) is 12.6 Å². The Labute approximate surface area is 160 Å². The minimum atomic E-state index is 0. The van der Waals surface area contributed by atoms with Crippen molar-refractivity contribution >= 4 is 29.9 Å². The van der Waals surface area contributed by atoms with Gasteiger partial charge < -0.3 is 15.6 Å². The van der Waals surface area contributed by atoms with Gasteiger partial charge in [0.25, 0.3) is 0 Å². The van der Waals surface area contributed by atoms with Crippen molar-refractivity contribution in [3.63, 3.8) is 0 Å². The highest BCUT2D eigenvalue weighted by Crippen LogP contribution is 2.18. The van der Waals surface area contributed by atoms with E-state index in [1.807, 2.05) is 24.4 Å². The maximum absolute atomic E-state index is 4.65. The summed E-state index contributed by atoms with van der Waals surface area (Å²) in [6, 6.07) is 10.8. The Balaban J connectivity index is 0.00000208. The van der Waals surface area contributed by atoms with E-state index in [9.17, 15) is 0 Å². The van der Waals surface area contributed by atoms with Crippen LogP contribution in [0.2, 0.25) is 0 Å². The Morgan fingerprint density at radius 2 is 2.00 bits per heavy atom. The van der Waals surface area contributed by atoms with E-state index < -0.39 is 0 Å². The molecule has 6 heteroatoms. The fourth-order valence-electron chi connectivity index (χ4n) is 2.94. The molecule has 1 saturated carbocycles. The normalized spacial score (nSPS) is 15.1. The van der Waals surface area contributed by atoms with Gasteiger partial charge in [-0.2, -0.15) is 0 Å². The molecule has 1 aliphatic carbocycles. The van der Waals surface area contributed by atoms with Crippen LogP contribution in [0.25, 0.3) is 11.3 Å². The van der Waals surface area contributed by atoms with Crippen LogP contribution in [0.15, 0.2) is 41.5 Å². The number of H-pyrrole nitrogens is 1. The van der Waals surface area contributed by atoms with Gasteiger partial charge in [0.1, 0.15) is 12.4 Å². The molecule has 3 rings (SSSR count). The lowest BCUT2D eigenvalue weighted by Gasteiger charge is -2.16. The topological polar surface area (TPSA) is 65.1 Å². The molecular weight excluding hydrogens is 413 g/mol. The van der Waals surface area contributed by atoms with Crippen molar-refractivity contribution in [2.75, 3.05) is 6.54 Å². The van der Waals surface area contributed by atoms with E-state index in [1.54, 1.807) is 0 Å². The largest absolute Gasteiger partial charge is 0.357 e. The lowest BCUT2D eigenvalue weighted by molar-refractivity contribution is 0.613. The molecule has 0 saturated heterocycles. The van der Waals surface area contributed by atoms with Crippen LogP contribution >= 0.6 is 24.0 Å². The van der Waals surface area contributed by atoms with Gasteiger partial charge in [0.15, 0.2) is 5.96 Å². The zero-order valence-corrected chi connectivity index (χ0v) is 16.4. The van der Waals surface area contributed by atoms with Crippen molar-refractivity contribution in [3.05, 3.63) is 42.4 Å². The third-order valence-electron chi connectivity index (χ3n) is 4.14. The molecule has 24 heavy (non-hydrogen) atoms. The van der Waals surface area contributed by atoms with Gasteiger partial charge in [0.05, 0.1) is 11.9 Å². The number of halogens is 1. The Bertz CT molecular complexity index is 632. The van der Waals surface area contributed by atoms with E-state index in [4.69, 9.17) is 0 Å². The Hall–Kier alpha value is -1.57. The van der Waals surface area contributed by atoms with Gasteiger partial charge >= 0.3 is 0 Å². The maximum atomic E-state index is 4.65. The summed E-state index contributed by atoms with van der Waals surface area (Å²) in [4.78, 5) is 12.4. The molecule has 2 aromatic rings. The van der Waals surface area contributed by atoms with Crippen LogP contribution in [0.4, 0.5) is 0 Å². The molecule has 3 N–H and O–H groups in total. The summed E-state index contributed by atoms with van der Waals surface area (Å²) in [6.07, 6.45) is 6.98. The standard InChI is InChI=1S/C18H25N5.HI/c1-2-19-18(22-15-10-6-7-11-15)21-13-17-20-12-16(23-17)14-8-4-3-5-9-14;/h3-5,8-9,12,15H,2,6-7,10-11,13H2,1H3,(H,20,23)(H2,19,21,22);1H. The van der Waals surface area contributed by atoms with Crippen molar-refractivity contribution in [2.24, 2.45) is 4.99 Å². The van der Waals surface area contributed by atoms with Crippen molar-refractivity contribution < 1.29 is 0 Å². The van der Waals surface area contributed by atoms with E-state index in [2.05, 4.69) is 44.7 Å². The fraction of sp³-hybridized carbons (Fsp3) is 0.444. The van der Waals surface area contributed by atoms with Gasteiger partial charge in [0, 0.05) is 12.6 Å². The molecule has 1 aliphatic rings. The molecule has 1 aromatic carbocycles. The number of rotatable bonds is 5. The molecule has 0 radical (unpaired) electrons. The van der Waals surface area contributed by atoms with Crippen LogP contribution in [0, 0.1) is 0 Å². The molecule has 0 aliphatic heterocycles. The third-order valence-corrected chi connectivity index (χ3v) is 4.14. The molecule has 0 unspecified atom stereocenters. The lowest BCUT2D eigenvalue weighted by atomic mass is 10.2. The summed E-state index contributed by atoms with van der Waals surface area (Å²) in [7, 11) is 0. The minimum Gasteiger partial charge on any atom is -0.357 e. The van der Waals surface area contributed by atoms with E-state index in [1.165, 1.54) is 25.7 Å². The number of benzene rings is 1. The van der Waals surface area contributed by atoms with Gasteiger partial charge in [-0.25, -0.2) is 9.98 Å². The maximum Gasteiger partial charge on any atom is 0.191 e. The number of aliphatic imine (C=N–C) groups is 1. The summed E-state index contributed by atoms with van der Waals surface area (Å²) < 4.78 is 0. The molecule has 1 fully saturated rings. The van der Waals surface area contributed by atoms with Crippen LogP contribution in [0.1, 0.15) is 38.4 Å². The number of hydrogen-bond donors (Lipinski definition) is 3. The van der Waals surface area contributed by atoms with Crippen LogP contribution in [-0.2, 0) is 6.54 Å². The first kappa shape index (κ1) is 18.8. The van der Waals surface area contributed by atoms with Gasteiger partial charge in [-0.1, -0.05) is 43.2 Å². The number of imidazole rings is 1. The number of aromatic nitrogens is 2. The SMILES string of the molecule is CCNC(=NCc1ncc(-c2ccccc2)[nH]1)NC1CCCC1.I. The zero-order chi connectivity index (χ0) is 15.9. The summed E-state index contributed by atoms with van der Waals surface area (Å²) in [6.45, 7) is 3.51. The lowest BCUT2D eigenvalue weighted by Crippen LogP contribution is -2.42. The molecule has 5 nitrogen and oxygen atoms in total. The predicted molar refractivity (Wildman–Crippen MR) is 110 cm³/mol. The summed E-state index contributed by atoms with van der Waals surface area (Å²) >= 11 is 0. The molecule has 130 valence electrons. The van der Waals surface area contributed by atoms with E-state index in [-0.39, 0.29) is 24.0 Å². The van der Waals surface area contributed by atoms with E-state index in [0.717, 1.165) is 29.6 Å².